The van der Waals surface area contributed by atoms with Gasteiger partial charge in [0.25, 0.3) is 11.6 Å². The van der Waals surface area contributed by atoms with Crippen LogP contribution in [0.5, 0.6) is 0 Å². The number of amides is 1. The van der Waals surface area contributed by atoms with Crippen LogP contribution in [0.3, 0.4) is 0 Å². The van der Waals surface area contributed by atoms with Gasteiger partial charge in [0.05, 0.1) is 4.92 Å². The first kappa shape index (κ1) is 16.9. The predicted molar refractivity (Wildman–Crippen MR) is 81.4 cm³/mol. The van der Waals surface area contributed by atoms with Gasteiger partial charge in [0.1, 0.15) is 17.6 Å². The molecule has 0 fully saturated rings. The summed E-state index contributed by atoms with van der Waals surface area (Å²) in [4.78, 5) is 26.7. The molecule has 1 rings (SSSR count). The Hall–Kier alpha value is -2.18. The molecule has 0 aliphatic rings. The van der Waals surface area contributed by atoms with E-state index in [0.717, 1.165) is 12.6 Å². The van der Waals surface area contributed by atoms with Crippen molar-refractivity contribution in [2.75, 3.05) is 11.9 Å². The zero-order chi connectivity index (χ0) is 16.0. The normalized spacial score (nSPS) is 12.0. The van der Waals surface area contributed by atoms with Gasteiger partial charge in [-0.05, 0) is 19.3 Å². The summed E-state index contributed by atoms with van der Waals surface area (Å²) in [5.41, 5.74) is -0.252. The van der Waals surface area contributed by atoms with Gasteiger partial charge in [-0.25, -0.2) is 4.98 Å². The molecule has 0 bridgehead atoms. The zero-order valence-corrected chi connectivity index (χ0v) is 12.8. The maximum Gasteiger partial charge on any atom is 0.300 e. The number of nitro groups is 1. The second-order valence-corrected chi connectivity index (χ2v) is 5.11. The second kappa shape index (κ2) is 7.56. The molecule has 2 N–H and O–H groups in total. The Bertz CT molecular complexity index is 517. The number of hydrogen-bond acceptors (Lipinski definition) is 5. The first-order chi connectivity index (χ1) is 9.90. The first-order valence-electron chi connectivity index (χ1n) is 7.09. The van der Waals surface area contributed by atoms with Crippen molar-refractivity contribution < 1.29 is 9.72 Å². The Morgan fingerprint density at radius 1 is 1.43 bits per heavy atom. The van der Waals surface area contributed by atoms with E-state index in [1.807, 2.05) is 27.7 Å². The van der Waals surface area contributed by atoms with Crippen LogP contribution in [0.15, 0.2) is 12.3 Å². The van der Waals surface area contributed by atoms with Crippen LogP contribution in [0.2, 0.25) is 0 Å². The fourth-order valence-electron chi connectivity index (χ4n) is 2.04. The number of carbonyl (C=O) groups excluding carboxylic acids is 1. The van der Waals surface area contributed by atoms with Crippen molar-refractivity contribution in [2.45, 2.75) is 40.2 Å². The van der Waals surface area contributed by atoms with Gasteiger partial charge in [0, 0.05) is 18.7 Å². The summed E-state index contributed by atoms with van der Waals surface area (Å²) < 4.78 is 0. The van der Waals surface area contributed by atoms with Crippen molar-refractivity contribution in [1.82, 2.24) is 10.3 Å². The monoisotopic (exact) mass is 294 g/mol. The van der Waals surface area contributed by atoms with E-state index in [2.05, 4.69) is 15.6 Å². The van der Waals surface area contributed by atoms with Gasteiger partial charge in [-0.1, -0.05) is 20.8 Å². The lowest BCUT2D eigenvalue weighted by atomic mass is 10.0. The number of aromatic nitrogens is 1. The molecule has 0 spiro atoms. The molecule has 0 saturated heterocycles. The maximum atomic E-state index is 12.3. The molecule has 21 heavy (non-hydrogen) atoms. The van der Waals surface area contributed by atoms with Gasteiger partial charge in [-0.2, -0.15) is 0 Å². The summed E-state index contributed by atoms with van der Waals surface area (Å²) in [7, 11) is 0. The molecule has 0 aliphatic carbocycles. The average molecular weight is 294 g/mol. The van der Waals surface area contributed by atoms with E-state index < -0.39 is 10.8 Å². The van der Waals surface area contributed by atoms with Crippen LogP contribution in [0.25, 0.3) is 0 Å². The molecule has 1 unspecified atom stereocenters. The summed E-state index contributed by atoms with van der Waals surface area (Å²) in [5.74, 6) is 0.266. The lowest BCUT2D eigenvalue weighted by molar-refractivity contribution is -0.385. The third-order valence-corrected chi connectivity index (χ3v) is 3.24. The van der Waals surface area contributed by atoms with Crippen LogP contribution >= 0.6 is 0 Å². The van der Waals surface area contributed by atoms with Crippen molar-refractivity contribution in [3.05, 3.63) is 27.9 Å². The number of nitrogens with one attached hydrogen (secondary N) is 2. The minimum atomic E-state index is -0.589. The number of hydrogen-bond donors (Lipinski definition) is 2. The molecule has 0 radical (unpaired) electrons. The van der Waals surface area contributed by atoms with Crippen molar-refractivity contribution in [3.8, 4) is 0 Å². The maximum absolute atomic E-state index is 12.3. The number of anilines is 1. The van der Waals surface area contributed by atoms with Gasteiger partial charge < -0.3 is 10.6 Å². The number of nitrogens with zero attached hydrogens (tertiary/aromatic N) is 2. The Labute approximate surface area is 124 Å². The van der Waals surface area contributed by atoms with E-state index in [0.29, 0.717) is 12.4 Å². The lowest BCUT2D eigenvalue weighted by Crippen LogP contribution is -2.38. The highest BCUT2D eigenvalue weighted by molar-refractivity contribution is 5.98. The fraction of sp³-hybridized carbons (Fsp3) is 0.571. The summed E-state index contributed by atoms with van der Waals surface area (Å²) in [6.45, 7) is 8.47. The summed E-state index contributed by atoms with van der Waals surface area (Å²) in [5, 5.41) is 16.8. The van der Waals surface area contributed by atoms with Crippen molar-refractivity contribution >= 4 is 17.4 Å². The predicted octanol–water partition coefficient (Wildman–Crippen LogP) is 2.59. The minimum Gasteiger partial charge on any atom is -0.370 e. The highest BCUT2D eigenvalue weighted by Gasteiger charge is 2.24. The van der Waals surface area contributed by atoms with Crippen LogP contribution in [-0.2, 0) is 0 Å². The molecule has 7 nitrogen and oxygen atoms in total. The molecular formula is C14H22N4O3. The molecule has 0 aliphatic heterocycles. The third-order valence-electron chi connectivity index (χ3n) is 3.24. The van der Waals surface area contributed by atoms with E-state index in [1.165, 1.54) is 6.07 Å². The molecule has 116 valence electrons. The van der Waals surface area contributed by atoms with Crippen molar-refractivity contribution in [3.63, 3.8) is 0 Å². The molecule has 0 aromatic carbocycles. The lowest BCUT2D eigenvalue weighted by Gasteiger charge is -2.20. The van der Waals surface area contributed by atoms with Crippen LogP contribution < -0.4 is 10.6 Å². The van der Waals surface area contributed by atoms with Crippen LogP contribution in [-0.4, -0.2) is 28.4 Å². The number of rotatable bonds is 7. The minimum absolute atomic E-state index is 0.0205. The van der Waals surface area contributed by atoms with E-state index in [9.17, 15) is 14.9 Å². The Kier molecular flexibility index (Phi) is 6.08. The summed E-state index contributed by atoms with van der Waals surface area (Å²) >= 11 is 0. The molecule has 0 saturated carbocycles. The van der Waals surface area contributed by atoms with Crippen LogP contribution in [0, 0.1) is 16.0 Å². The number of pyridine rings is 1. The largest absolute Gasteiger partial charge is 0.370 e. The average Bonchev–Trinajstić information content (AvgIpc) is 2.44. The van der Waals surface area contributed by atoms with Crippen LogP contribution in [0.1, 0.15) is 44.5 Å². The van der Waals surface area contributed by atoms with Gasteiger partial charge in [-0.3, -0.25) is 14.9 Å². The summed E-state index contributed by atoms with van der Waals surface area (Å²) in [6, 6.07) is 1.40. The molecule has 1 aromatic rings. The molecule has 1 heterocycles. The van der Waals surface area contributed by atoms with Gasteiger partial charge in [0.15, 0.2) is 0 Å². The Morgan fingerprint density at radius 3 is 2.57 bits per heavy atom. The summed E-state index contributed by atoms with van der Waals surface area (Å²) in [6.07, 6.45) is 1.88. The smallest absolute Gasteiger partial charge is 0.300 e. The van der Waals surface area contributed by atoms with E-state index >= 15 is 0 Å². The van der Waals surface area contributed by atoms with Gasteiger partial charge in [0.2, 0.25) is 0 Å². The Balaban J connectivity index is 3.10. The molecule has 7 heteroatoms. The van der Waals surface area contributed by atoms with E-state index in [-0.39, 0.29) is 23.2 Å². The Morgan fingerprint density at radius 2 is 2.10 bits per heavy atom. The van der Waals surface area contributed by atoms with Crippen molar-refractivity contribution in [1.29, 1.82) is 0 Å². The standard InChI is InChI=1S/C14H22N4O3/c1-5-11(9(3)4)17-14(19)10-7-13(15-6-2)16-8-12(10)18(20)21/h7-9,11H,5-6H2,1-4H3,(H,15,16)(H,17,19). The van der Waals surface area contributed by atoms with E-state index in [4.69, 9.17) is 0 Å². The SMILES string of the molecule is CCNc1cc(C(=O)NC(CC)C(C)C)c([N+](=O)[O-])cn1. The molecule has 1 aromatic heterocycles. The quantitative estimate of drug-likeness (QED) is 0.595. The van der Waals surface area contributed by atoms with Gasteiger partial charge >= 0.3 is 0 Å². The van der Waals surface area contributed by atoms with Gasteiger partial charge in [-0.15, -0.1) is 0 Å². The molecule has 1 amide bonds. The third kappa shape index (κ3) is 4.40. The molecule has 1 atom stereocenters. The topological polar surface area (TPSA) is 97.2 Å². The van der Waals surface area contributed by atoms with E-state index in [1.54, 1.807) is 0 Å². The highest BCUT2D eigenvalue weighted by Crippen LogP contribution is 2.21. The molecular weight excluding hydrogens is 272 g/mol. The number of carbonyl (C=O) groups is 1. The fourth-order valence-corrected chi connectivity index (χ4v) is 2.04. The first-order valence-corrected chi connectivity index (χ1v) is 7.09. The highest BCUT2D eigenvalue weighted by atomic mass is 16.6. The second-order valence-electron chi connectivity index (χ2n) is 5.11. The van der Waals surface area contributed by atoms with Crippen LogP contribution in [0.4, 0.5) is 11.5 Å². The zero-order valence-electron chi connectivity index (χ0n) is 12.8. The van der Waals surface area contributed by atoms with Crippen molar-refractivity contribution in [2.24, 2.45) is 5.92 Å².